The van der Waals surface area contributed by atoms with E-state index in [1.54, 1.807) is 0 Å². The third-order valence-corrected chi connectivity index (χ3v) is 3.95. The van der Waals surface area contributed by atoms with Crippen molar-refractivity contribution in [3.8, 4) is 0 Å². The molecule has 0 aliphatic heterocycles. The molecule has 1 aliphatic rings. The van der Waals surface area contributed by atoms with Crippen LogP contribution in [0.1, 0.15) is 77.6 Å². The van der Waals surface area contributed by atoms with Crippen molar-refractivity contribution >= 4 is 0 Å². The van der Waals surface area contributed by atoms with Crippen LogP contribution in [0.25, 0.3) is 0 Å². The van der Waals surface area contributed by atoms with Gasteiger partial charge >= 0.3 is 0 Å². The maximum absolute atomic E-state index is 9.42. The third-order valence-electron chi connectivity index (χ3n) is 3.95. The first-order chi connectivity index (χ1) is 8.36. The Bertz CT molecular complexity index is 164. The molecule has 0 saturated heterocycles. The molecule has 0 bridgehead atoms. The average molecular weight is 241 g/mol. The zero-order valence-corrected chi connectivity index (χ0v) is 11.6. The normalized spacial score (nSPS) is 20.1. The minimum atomic E-state index is 0.308. The molecule has 102 valence electrons. The lowest BCUT2D eigenvalue weighted by atomic mass is 10.0. The highest BCUT2D eigenvalue weighted by Gasteiger charge is 2.16. The molecule has 1 saturated carbocycles. The van der Waals surface area contributed by atoms with E-state index in [0.29, 0.717) is 18.7 Å². The Hall–Kier alpha value is -0.0800. The van der Waals surface area contributed by atoms with Gasteiger partial charge in [0.05, 0.1) is 6.61 Å². The van der Waals surface area contributed by atoms with E-state index in [-0.39, 0.29) is 0 Å². The fourth-order valence-corrected chi connectivity index (χ4v) is 2.82. The predicted molar refractivity (Wildman–Crippen MR) is 74.3 cm³/mol. The van der Waals surface area contributed by atoms with Crippen molar-refractivity contribution in [2.24, 2.45) is 0 Å². The summed E-state index contributed by atoms with van der Waals surface area (Å²) in [6, 6.07) is 1.01. The molecule has 17 heavy (non-hydrogen) atoms. The molecule has 0 amide bonds. The van der Waals surface area contributed by atoms with Crippen molar-refractivity contribution in [3.05, 3.63) is 0 Å². The van der Waals surface area contributed by atoms with Crippen LogP contribution in [0.15, 0.2) is 0 Å². The molecular formula is C15H31NO. The van der Waals surface area contributed by atoms with Gasteiger partial charge in [0.2, 0.25) is 0 Å². The summed E-state index contributed by atoms with van der Waals surface area (Å²) in [6.45, 7) is 2.55. The highest BCUT2D eigenvalue weighted by molar-refractivity contribution is 4.76. The maximum Gasteiger partial charge on any atom is 0.0584 e. The fraction of sp³-hybridized carbons (Fsp3) is 1.00. The quantitative estimate of drug-likeness (QED) is 0.502. The largest absolute Gasteiger partial charge is 0.395 e. The summed E-state index contributed by atoms with van der Waals surface area (Å²) >= 11 is 0. The standard InChI is InChI=1S/C15H31NO/c1-2-3-4-7-12-15(13-17)16-14-10-8-5-6-9-11-14/h14-17H,2-13H2,1H3. The summed E-state index contributed by atoms with van der Waals surface area (Å²) < 4.78 is 0. The second kappa shape index (κ2) is 9.90. The van der Waals surface area contributed by atoms with Crippen LogP contribution in [0.4, 0.5) is 0 Å². The van der Waals surface area contributed by atoms with E-state index in [1.807, 2.05) is 0 Å². The third kappa shape index (κ3) is 7.05. The summed E-state index contributed by atoms with van der Waals surface area (Å²) in [7, 11) is 0. The van der Waals surface area contributed by atoms with Crippen molar-refractivity contribution in [2.75, 3.05) is 6.61 Å². The molecule has 2 nitrogen and oxygen atoms in total. The molecule has 1 rings (SSSR count). The highest BCUT2D eigenvalue weighted by atomic mass is 16.3. The summed E-state index contributed by atoms with van der Waals surface area (Å²) in [6.07, 6.45) is 14.5. The SMILES string of the molecule is CCCCCCC(CO)NC1CCCCCC1. The Morgan fingerprint density at radius 1 is 1.06 bits per heavy atom. The second-order valence-electron chi connectivity index (χ2n) is 5.58. The van der Waals surface area contributed by atoms with E-state index in [1.165, 1.54) is 64.2 Å². The molecule has 1 unspecified atom stereocenters. The van der Waals surface area contributed by atoms with Crippen molar-refractivity contribution in [1.29, 1.82) is 0 Å². The highest BCUT2D eigenvalue weighted by Crippen LogP contribution is 2.18. The number of aliphatic hydroxyl groups excluding tert-OH is 1. The Balaban J connectivity index is 2.15. The van der Waals surface area contributed by atoms with E-state index in [9.17, 15) is 5.11 Å². The molecule has 0 aromatic heterocycles. The molecule has 2 N–H and O–H groups in total. The van der Waals surface area contributed by atoms with Gasteiger partial charge in [0.25, 0.3) is 0 Å². The van der Waals surface area contributed by atoms with Crippen LogP contribution in [0.5, 0.6) is 0 Å². The van der Waals surface area contributed by atoms with Crippen LogP contribution in [0, 0.1) is 0 Å². The van der Waals surface area contributed by atoms with Gasteiger partial charge in [0.15, 0.2) is 0 Å². The zero-order chi connectivity index (χ0) is 12.3. The van der Waals surface area contributed by atoms with Gasteiger partial charge in [-0.1, -0.05) is 58.3 Å². The number of unbranched alkanes of at least 4 members (excludes halogenated alkanes) is 3. The predicted octanol–water partition coefficient (Wildman–Crippen LogP) is 3.63. The van der Waals surface area contributed by atoms with Gasteiger partial charge in [-0.3, -0.25) is 0 Å². The summed E-state index contributed by atoms with van der Waals surface area (Å²) in [5.41, 5.74) is 0. The monoisotopic (exact) mass is 241 g/mol. The smallest absolute Gasteiger partial charge is 0.0584 e. The molecule has 1 fully saturated rings. The van der Waals surface area contributed by atoms with Gasteiger partial charge < -0.3 is 10.4 Å². The number of hydrogen-bond donors (Lipinski definition) is 2. The van der Waals surface area contributed by atoms with Crippen molar-refractivity contribution in [3.63, 3.8) is 0 Å². The van der Waals surface area contributed by atoms with Crippen LogP contribution in [0.2, 0.25) is 0 Å². The van der Waals surface area contributed by atoms with E-state index in [2.05, 4.69) is 12.2 Å². The molecule has 0 aromatic carbocycles. The lowest BCUT2D eigenvalue weighted by Crippen LogP contribution is -2.40. The Labute approximate surface area is 107 Å². The van der Waals surface area contributed by atoms with Crippen LogP contribution in [-0.4, -0.2) is 23.8 Å². The first kappa shape index (κ1) is 15.0. The fourth-order valence-electron chi connectivity index (χ4n) is 2.82. The molecule has 1 aliphatic carbocycles. The van der Waals surface area contributed by atoms with Crippen molar-refractivity contribution < 1.29 is 5.11 Å². The first-order valence-corrected chi connectivity index (χ1v) is 7.73. The maximum atomic E-state index is 9.42. The van der Waals surface area contributed by atoms with Gasteiger partial charge in [-0.05, 0) is 19.3 Å². The number of nitrogens with one attached hydrogen (secondary N) is 1. The number of rotatable bonds is 8. The molecule has 0 heterocycles. The van der Waals surface area contributed by atoms with Crippen LogP contribution in [-0.2, 0) is 0 Å². The summed E-state index contributed by atoms with van der Waals surface area (Å²) in [4.78, 5) is 0. The van der Waals surface area contributed by atoms with Crippen molar-refractivity contribution in [2.45, 2.75) is 89.6 Å². The van der Waals surface area contributed by atoms with Crippen LogP contribution < -0.4 is 5.32 Å². The molecule has 0 aromatic rings. The topological polar surface area (TPSA) is 32.3 Å². The molecule has 1 atom stereocenters. The van der Waals surface area contributed by atoms with Gasteiger partial charge in [-0.25, -0.2) is 0 Å². The molecule has 0 spiro atoms. The van der Waals surface area contributed by atoms with Gasteiger partial charge in [-0.15, -0.1) is 0 Å². The average Bonchev–Trinajstić information content (AvgIpc) is 2.61. The van der Waals surface area contributed by atoms with E-state index in [0.717, 1.165) is 6.42 Å². The zero-order valence-electron chi connectivity index (χ0n) is 11.6. The first-order valence-electron chi connectivity index (χ1n) is 7.73. The van der Waals surface area contributed by atoms with Crippen molar-refractivity contribution in [1.82, 2.24) is 5.32 Å². The number of hydrogen-bond acceptors (Lipinski definition) is 2. The lowest BCUT2D eigenvalue weighted by Gasteiger charge is -2.23. The Morgan fingerprint density at radius 2 is 1.76 bits per heavy atom. The molecule has 0 radical (unpaired) electrons. The lowest BCUT2D eigenvalue weighted by molar-refractivity contribution is 0.216. The molecular weight excluding hydrogens is 210 g/mol. The van der Waals surface area contributed by atoms with Gasteiger partial charge in [0.1, 0.15) is 0 Å². The van der Waals surface area contributed by atoms with Gasteiger partial charge in [0, 0.05) is 12.1 Å². The van der Waals surface area contributed by atoms with Gasteiger partial charge in [-0.2, -0.15) is 0 Å². The van der Waals surface area contributed by atoms with E-state index < -0.39 is 0 Å². The van der Waals surface area contributed by atoms with E-state index in [4.69, 9.17) is 0 Å². The minimum absolute atomic E-state index is 0.308. The van der Waals surface area contributed by atoms with Crippen LogP contribution >= 0.6 is 0 Å². The number of aliphatic hydroxyl groups is 1. The second-order valence-corrected chi connectivity index (χ2v) is 5.58. The summed E-state index contributed by atoms with van der Waals surface area (Å²) in [5, 5.41) is 13.1. The molecule has 2 heteroatoms. The minimum Gasteiger partial charge on any atom is -0.395 e. The Morgan fingerprint density at radius 3 is 2.35 bits per heavy atom. The van der Waals surface area contributed by atoms with E-state index >= 15 is 0 Å². The van der Waals surface area contributed by atoms with Crippen LogP contribution in [0.3, 0.4) is 0 Å². The summed E-state index contributed by atoms with van der Waals surface area (Å²) in [5.74, 6) is 0. The Kier molecular flexibility index (Phi) is 8.72.